The van der Waals surface area contributed by atoms with Gasteiger partial charge in [0.15, 0.2) is 0 Å². The van der Waals surface area contributed by atoms with Crippen molar-refractivity contribution in [1.29, 1.82) is 5.26 Å². The molecule has 0 aliphatic carbocycles. The number of carbonyl (C=O) groups is 1. The lowest BCUT2D eigenvalue weighted by Crippen LogP contribution is -2.27. The zero-order valence-electron chi connectivity index (χ0n) is 9.01. The second kappa shape index (κ2) is 5.87. The van der Waals surface area contributed by atoms with Crippen molar-refractivity contribution in [1.82, 2.24) is 5.32 Å². The zero-order valence-corrected chi connectivity index (χ0v) is 10.6. The summed E-state index contributed by atoms with van der Waals surface area (Å²) in [6.45, 7) is 0.0166. The van der Waals surface area contributed by atoms with Gasteiger partial charge in [-0.25, -0.2) is 0 Å². The molecule has 0 aliphatic rings. The minimum Gasteiger partial charge on any atom is -0.351 e. The highest BCUT2D eigenvalue weighted by Crippen LogP contribution is 2.33. The number of amides is 1. The minimum atomic E-state index is -4.61. The standard InChI is InChI=1S/C11H8BrF3N2O/c12-7-2-3-8(9(6-7)11(13,14)15)10(18)17-5-1-4-16/h2-3,6H,1,5H2,(H,17,18). The molecule has 0 bridgehead atoms. The number of halogens is 4. The molecule has 1 amide bonds. The molecule has 0 radical (unpaired) electrons. The smallest absolute Gasteiger partial charge is 0.351 e. The summed E-state index contributed by atoms with van der Waals surface area (Å²) in [5.41, 5.74) is -1.46. The maximum atomic E-state index is 12.7. The predicted octanol–water partition coefficient (Wildman–Crippen LogP) is 3.11. The first-order chi connectivity index (χ1) is 8.36. The lowest BCUT2D eigenvalue weighted by atomic mass is 10.1. The number of rotatable bonds is 3. The Labute approximate surface area is 110 Å². The van der Waals surface area contributed by atoms with E-state index in [1.807, 2.05) is 0 Å². The monoisotopic (exact) mass is 320 g/mol. The Morgan fingerprint density at radius 2 is 2.11 bits per heavy atom. The maximum absolute atomic E-state index is 12.7. The first-order valence-electron chi connectivity index (χ1n) is 4.88. The van der Waals surface area contributed by atoms with Gasteiger partial charge in [0.2, 0.25) is 0 Å². The number of benzene rings is 1. The average molecular weight is 321 g/mol. The maximum Gasteiger partial charge on any atom is 0.417 e. The van der Waals surface area contributed by atoms with Gasteiger partial charge in [0.1, 0.15) is 0 Å². The van der Waals surface area contributed by atoms with Gasteiger partial charge in [-0.3, -0.25) is 4.79 Å². The van der Waals surface area contributed by atoms with Crippen LogP contribution >= 0.6 is 15.9 Å². The summed E-state index contributed by atoms with van der Waals surface area (Å²) >= 11 is 2.93. The first-order valence-corrected chi connectivity index (χ1v) is 5.67. The van der Waals surface area contributed by atoms with E-state index in [1.165, 1.54) is 6.07 Å². The quantitative estimate of drug-likeness (QED) is 0.870. The Balaban J connectivity index is 3.02. The van der Waals surface area contributed by atoms with E-state index in [0.29, 0.717) is 0 Å². The summed E-state index contributed by atoms with van der Waals surface area (Å²) in [5, 5.41) is 10.5. The number of alkyl halides is 3. The van der Waals surface area contributed by atoms with Crippen LogP contribution in [0.15, 0.2) is 22.7 Å². The fraction of sp³-hybridized carbons (Fsp3) is 0.273. The SMILES string of the molecule is N#CCCNC(=O)c1ccc(Br)cc1C(F)(F)F. The van der Waals surface area contributed by atoms with Gasteiger partial charge in [-0.1, -0.05) is 15.9 Å². The molecule has 7 heteroatoms. The van der Waals surface area contributed by atoms with Gasteiger partial charge < -0.3 is 5.32 Å². The molecular weight excluding hydrogens is 313 g/mol. The Bertz CT molecular complexity index is 494. The summed E-state index contributed by atoms with van der Waals surface area (Å²) in [4.78, 5) is 11.6. The van der Waals surface area contributed by atoms with Crippen LogP contribution in [0, 0.1) is 11.3 Å². The Morgan fingerprint density at radius 3 is 2.67 bits per heavy atom. The van der Waals surface area contributed by atoms with E-state index < -0.39 is 23.2 Å². The van der Waals surface area contributed by atoms with Crippen LogP contribution in [0.25, 0.3) is 0 Å². The van der Waals surface area contributed by atoms with E-state index in [4.69, 9.17) is 5.26 Å². The van der Waals surface area contributed by atoms with E-state index in [9.17, 15) is 18.0 Å². The van der Waals surface area contributed by atoms with Crippen molar-refractivity contribution in [2.75, 3.05) is 6.54 Å². The molecule has 1 N–H and O–H groups in total. The van der Waals surface area contributed by atoms with Crippen LogP contribution in [-0.4, -0.2) is 12.5 Å². The Morgan fingerprint density at radius 1 is 1.44 bits per heavy atom. The highest BCUT2D eigenvalue weighted by Gasteiger charge is 2.35. The van der Waals surface area contributed by atoms with Gasteiger partial charge in [0.05, 0.1) is 23.6 Å². The molecule has 0 aliphatic heterocycles. The van der Waals surface area contributed by atoms with Crippen LogP contribution in [0.4, 0.5) is 13.2 Å². The molecule has 1 aromatic rings. The third kappa shape index (κ3) is 3.74. The Kier molecular flexibility index (Phi) is 4.73. The third-order valence-electron chi connectivity index (χ3n) is 2.05. The fourth-order valence-electron chi connectivity index (χ4n) is 1.28. The minimum absolute atomic E-state index is 0.0166. The van der Waals surface area contributed by atoms with Crippen molar-refractivity contribution in [3.8, 4) is 6.07 Å². The predicted molar refractivity (Wildman–Crippen MR) is 61.7 cm³/mol. The van der Waals surface area contributed by atoms with E-state index >= 15 is 0 Å². The van der Waals surface area contributed by atoms with Crippen molar-refractivity contribution in [2.24, 2.45) is 0 Å². The molecule has 0 unspecified atom stereocenters. The lowest BCUT2D eigenvalue weighted by Gasteiger charge is -2.12. The first kappa shape index (κ1) is 14.5. The normalized spacial score (nSPS) is 10.8. The molecule has 1 rings (SSSR count). The molecule has 0 atom stereocenters. The summed E-state index contributed by atoms with van der Waals surface area (Å²) in [6, 6.07) is 5.08. The summed E-state index contributed by atoms with van der Waals surface area (Å²) in [6.07, 6.45) is -4.56. The number of carbonyl (C=O) groups excluding carboxylic acids is 1. The zero-order chi connectivity index (χ0) is 13.8. The molecular formula is C11H8BrF3N2O. The van der Waals surface area contributed by atoms with Crippen molar-refractivity contribution in [3.05, 3.63) is 33.8 Å². The van der Waals surface area contributed by atoms with Crippen LogP contribution in [-0.2, 0) is 6.18 Å². The summed E-state index contributed by atoms with van der Waals surface area (Å²) < 4.78 is 38.4. The second-order valence-electron chi connectivity index (χ2n) is 3.35. The molecule has 0 spiro atoms. The van der Waals surface area contributed by atoms with Crippen molar-refractivity contribution in [3.63, 3.8) is 0 Å². The van der Waals surface area contributed by atoms with Crippen LogP contribution in [0.5, 0.6) is 0 Å². The van der Waals surface area contributed by atoms with E-state index in [1.54, 1.807) is 6.07 Å². The van der Waals surface area contributed by atoms with Gasteiger partial charge in [-0.15, -0.1) is 0 Å². The topological polar surface area (TPSA) is 52.9 Å². The summed E-state index contributed by atoms with van der Waals surface area (Å²) in [5.74, 6) is -0.843. The molecule has 0 fully saturated rings. The van der Waals surface area contributed by atoms with Gasteiger partial charge in [0, 0.05) is 11.0 Å². The number of hydrogen-bond acceptors (Lipinski definition) is 2. The average Bonchev–Trinajstić information content (AvgIpc) is 2.28. The number of nitriles is 1. The molecule has 0 heterocycles. The van der Waals surface area contributed by atoms with Gasteiger partial charge in [0.25, 0.3) is 5.91 Å². The number of hydrogen-bond donors (Lipinski definition) is 1. The lowest BCUT2D eigenvalue weighted by molar-refractivity contribution is -0.138. The molecule has 3 nitrogen and oxygen atoms in total. The molecule has 0 saturated carbocycles. The van der Waals surface area contributed by atoms with Crippen LogP contribution in [0.2, 0.25) is 0 Å². The second-order valence-corrected chi connectivity index (χ2v) is 4.27. The van der Waals surface area contributed by atoms with Crippen molar-refractivity contribution >= 4 is 21.8 Å². The van der Waals surface area contributed by atoms with Crippen LogP contribution in [0.1, 0.15) is 22.3 Å². The van der Waals surface area contributed by atoms with Gasteiger partial charge in [-0.2, -0.15) is 18.4 Å². The fourth-order valence-corrected chi connectivity index (χ4v) is 1.64. The molecule has 18 heavy (non-hydrogen) atoms. The number of nitrogens with zero attached hydrogens (tertiary/aromatic N) is 1. The van der Waals surface area contributed by atoms with Gasteiger partial charge >= 0.3 is 6.18 Å². The van der Waals surface area contributed by atoms with E-state index in [0.717, 1.165) is 12.1 Å². The van der Waals surface area contributed by atoms with E-state index in [2.05, 4.69) is 21.2 Å². The highest BCUT2D eigenvalue weighted by molar-refractivity contribution is 9.10. The van der Waals surface area contributed by atoms with Crippen LogP contribution < -0.4 is 5.32 Å². The molecule has 0 saturated heterocycles. The third-order valence-corrected chi connectivity index (χ3v) is 2.55. The van der Waals surface area contributed by atoms with Crippen molar-refractivity contribution < 1.29 is 18.0 Å². The molecule has 0 aromatic heterocycles. The van der Waals surface area contributed by atoms with Crippen molar-refractivity contribution in [2.45, 2.75) is 12.6 Å². The van der Waals surface area contributed by atoms with Crippen LogP contribution in [0.3, 0.4) is 0 Å². The Hall–Kier alpha value is -1.55. The molecule has 1 aromatic carbocycles. The van der Waals surface area contributed by atoms with Gasteiger partial charge in [-0.05, 0) is 18.2 Å². The number of nitrogens with one attached hydrogen (secondary N) is 1. The molecule has 96 valence electrons. The van der Waals surface area contributed by atoms with E-state index in [-0.39, 0.29) is 17.4 Å². The highest BCUT2D eigenvalue weighted by atomic mass is 79.9. The largest absolute Gasteiger partial charge is 0.417 e. The summed E-state index contributed by atoms with van der Waals surface area (Å²) in [7, 11) is 0.